The van der Waals surface area contributed by atoms with Gasteiger partial charge in [0.2, 0.25) is 0 Å². The molecule has 3 aromatic rings. The molecule has 28 heavy (non-hydrogen) atoms. The second-order valence-electron chi connectivity index (χ2n) is 6.63. The van der Waals surface area contributed by atoms with E-state index in [1.807, 2.05) is 30.3 Å². The molecule has 2 heterocycles. The van der Waals surface area contributed by atoms with E-state index in [1.165, 1.54) is 0 Å². The molecule has 1 unspecified atom stereocenters. The van der Waals surface area contributed by atoms with Gasteiger partial charge in [-0.25, -0.2) is 4.68 Å². The number of nitrogens with zero attached hydrogens (tertiary/aromatic N) is 4. The Morgan fingerprint density at radius 1 is 1.29 bits per heavy atom. The SMILES string of the molecule is Cn1nnnc1-c1cccc(NC(=O)c2cccc(OCC3CCCO3)c2)c1. The van der Waals surface area contributed by atoms with Gasteiger partial charge in [0.05, 0.1) is 6.10 Å². The van der Waals surface area contributed by atoms with Crippen LogP contribution in [0.1, 0.15) is 23.2 Å². The van der Waals surface area contributed by atoms with E-state index in [0.29, 0.717) is 29.4 Å². The highest BCUT2D eigenvalue weighted by Gasteiger charge is 2.16. The van der Waals surface area contributed by atoms with E-state index < -0.39 is 0 Å². The highest BCUT2D eigenvalue weighted by atomic mass is 16.5. The highest BCUT2D eigenvalue weighted by molar-refractivity contribution is 6.04. The molecule has 1 aliphatic heterocycles. The quantitative estimate of drug-likeness (QED) is 0.708. The summed E-state index contributed by atoms with van der Waals surface area (Å²) in [6.07, 6.45) is 2.22. The first-order valence-electron chi connectivity index (χ1n) is 9.17. The van der Waals surface area contributed by atoms with Crippen molar-refractivity contribution in [3.63, 3.8) is 0 Å². The zero-order valence-electron chi connectivity index (χ0n) is 15.5. The van der Waals surface area contributed by atoms with Gasteiger partial charge < -0.3 is 14.8 Å². The Bertz CT molecular complexity index is 966. The lowest BCUT2D eigenvalue weighted by atomic mass is 10.1. The summed E-state index contributed by atoms with van der Waals surface area (Å²) in [7, 11) is 1.77. The second kappa shape index (κ2) is 8.18. The van der Waals surface area contributed by atoms with Crippen molar-refractivity contribution in [1.82, 2.24) is 20.2 Å². The van der Waals surface area contributed by atoms with Crippen LogP contribution in [0.5, 0.6) is 5.75 Å². The van der Waals surface area contributed by atoms with Crippen LogP contribution in [-0.2, 0) is 11.8 Å². The summed E-state index contributed by atoms with van der Waals surface area (Å²) < 4.78 is 12.9. The lowest BCUT2D eigenvalue weighted by Gasteiger charge is -2.12. The molecule has 2 aromatic carbocycles. The maximum absolute atomic E-state index is 12.7. The average Bonchev–Trinajstić information content (AvgIpc) is 3.38. The molecule has 1 atom stereocenters. The normalized spacial score (nSPS) is 16.1. The first-order valence-corrected chi connectivity index (χ1v) is 9.17. The molecule has 1 aromatic heterocycles. The van der Waals surface area contributed by atoms with Crippen LogP contribution in [-0.4, -0.2) is 45.4 Å². The van der Waals surface area contributed by atoms with E-state index in [0.717, 1.165) is 25.0 Å². The Hall–Kier alpha value is -3.26. The van der Waals surface area contributed by atoms with Crippen molar-refractivity contribution in [1.29, 1.82) is 0 Å². The van der Waals surface area contributed by atoms with Crippen LogP contribution in [0.15, 0.2) is 48.5 Å². The number of hydrogen-bond acceptors (Lipinski definition) is 6. The van der Waals surface area contributed by atoms with Gasteiger partial charge in [0.1, 0.15) is 12.4 Å². The van der Waals surface area contributed by atoms with Crippen LogP contribution in [0.25, 0.3) is 11.4 Å². The Morgan fingerprint density at radius 3 is 2.96 bits per heavy atom. The van der Waals surface area contributed by atoms with Crippen molar-refractivity contribution >= 4 is 11.6 Å². The number of nitrogens with one attached hydrogen (secondary N) is 1. The zero-order chi connectivity index (χ0) is 19.3. The second-order valence-corrected chi connectivity index (χ2v) is 6.63. The number of aryl methyl sites for hydroxylation is 1. The number of benzene rings is 2. The monoisotopic (exact) mass is 379 g/mol. The molecule has 0 saturated carbocycles. The number of anilines is 1. The highest BCUT2D eigenvalue weighted by Crippen LogP contribution is 2.21. The molecule has 1 saturated heterocycles. The summed E-state index contributed by atoms with van der Waals surface area (Å²) in [5, 5.41) is 14.4. The zero-order valence-corrected chi connectivity index (χ0v) is 15.5. The molecule has 1 amide bonds. The number of rotatable bonds is 6. The fourth-order valence-electron chi connectivity index (χ4n) is 3.11. The van der Waals surface area contributed by atoms with Gasteiger partial charge in [-0.2, -0.15) is 0 Å². The van der Waals surface area contributed by atoms with Crippen molar-refractivity contribution in [2.75, 3.05) is 18.5 Å². The lowest BCUT2D eigenvalue weighted by molar-refractivity contribution is 0.0679. The number of aromatic nitrogens is 4. The van der Waals surface area contributed by atoms with E-state index >= 15 is 0 Å². The van der Waals surface area contributed by atoms with Crippen LogP contribution in [0.2, 0.25) is 0 Å². The molecule has 1 N–H and O–H groups in total. The summed E-state index contributed by atoms with van der Waals surface area (Å²) in [4.78, 5) is 12.7. The first-order chi connectivity index (χ1) is 13.7. The van der Waals surface area contributed by atoms with Crippen molar-refractivity contribution in [2.24, 2.45) is 7.05 Å². The standard InChI is InChI=1S/C20H21N5O3/c1-25-19(22-23-24-25)14-5-2-7-16(11-14)21-20(26)15-6-3-8-17(12-15)28-13-18-9-4-10-27-18/h2-3,5-8,11-12,18H,4,9-10,13H2,1H3,(H,21,26). The van der Waals surface area contributed by atoms with Crippen molar-refractivity contribution in [2.45, 2.75) is 18.9 Å². The van der Waals surface area contributed by atoms with E-state index in [9.17, 15) is 4.79 Å². The molecule has 144 valence electrons. The minimum Gasteiger partial charge on any atom is -0.491 e. The molecule has 0 spiro atoms. The van der Waals surface area contributed by atoms with Gasteiger partial charge in [0.25, 0.3) is 5.91 Å². The number of ether oxygens (including phenoxy) is 2. The Morgan fingerprint density at radius 2 is 2.18 bits per heavy atom. The number of amides is 1. The average molecular weight is 379 g/mol. The molecule has 0 radical (unpaired) electrons. The Kier molecular flexibility index (Phi) is 5.29. The van der Waals surface area contributed by atoms with Crippen molar-refractivity contribution in [3.05, 3.63) is 54.1 Å². The predicted molar refractivity (Wildman–Crippen MR) is 103 cm³/mol. The topological polar surface area (TPSA) is 91.2 Å². The van der Waals surface area contributed by atoms with Gasteiger partial charge in [-0.1, -0.05) is 18.2 Å². The summed E-state index contributed by atoms with van der Waals surface area (Å²) in [5.74, 6) is 1.07. The number of hydrogen-bond donors (Lipinski definition) is 1. The maximum atomic E-state index is 12.7. The molecule has 0 aliphatic carbocycles. The van der Waals surface area contributed by atoms with Crippen LogP contribution < -0.4 is 10.1 Å². The third kappa shape index (κ3) is 4.17. The summed E-state index contributed by atoms with van der Waals surface area (Å²) in [5.41, 5.74) is 2.01. The molecule has 1 aliphatic rings. The minimum atomic E-state index is -0.212. The van der Waals surface area contributed by atoms with Gasteiger partial charge in [-0.05, 0) is 53.6 Å². The van der Waals surface area contributed by atoms with Gasteiger partial charge >= 0.3 is 0 Å². The molecule has 0 bridgehead atoms. The van der Waals surface area contributed by atoms with Crippen LogP contribution in [0.3, 0.4) is 0 Å². The third-order valence-corrected chi connectivity index (χ3v) is 4.55. The minimum absolute atomic E-state index is 0.135. The number of carbonyl (C=O) groups is 1. The summed E-state index contributed by atoms with van der Waals surface area (Å²) in [6.45, 7) is 1.29. The van der Waals surface area contributed by atoms with Crippen LogP contribution >= 0.6 is 0 Å². The molecule has 1 fully saturated rings. The molecule has 8 nitrogen and oxygen atoms in total. The van der Waals surface area contributed by atoms with E-state index in [-0.39, 0.29) is 12.0 Å². The third-order valence-electron chi connectivity index (χ3n) is 4.55. The van der Waals surface area contributed by atoms with Gasteiger partial charge in [-0.15, -0.1) is 5.10 Å². The van der Waals surface area contributed by atoms with E-state index in [2.05, 4.69) is 20.8 Å². The Labute approximate surface area is 162 Å². The number of carbonyl (C=O) groups excluding carboxylic acids is 1. The fraction of sp³-hybridized carbons (Fsp3) is 0.300. The summed E-state index contributed by atoms with van der Waals surface area (Å²) >= 11 is 0. The molecule has 8 heteroatoms. The van der Waals surface area contributed by atoms with Gasteiger partial charge in [-0.3, -0.25) is 4.79 Å². The van der Waals surface area contributed by atoms with E-state index in [4.69, 9.17) is 9.47 Å². The smallest absolute Gasteiger partial charge is 0.255 e. The lowest BCUT2D eigenvalue weighted by Crippen LogP contribution is -2.17. The van der Waals surface area contributed by atoms with Crippen LogP contribution in [0.4, 0.5) is 5.69 Å². The Balaban J connectivity index is 1.43. The molecular weight excluding hydrogens is 358 g/mol. The number of tetrazole rings is 1. The van der Waals surface area contributed by atoms with Gasteiger partial charge in [0, 0.05) is 30.5 Å². The maximum Gasteiger partial charge on any atom is 0.255 e. The molecule has 4 rings (SSSR count). The first kappa shape index (κ1) is 18.1. The van der Waals surface area contributed by atoms with Crippen molar-refractivity contribution in [3.8, 4) is 17.1 Å². The largest absolute Gasteiger partial charge is 0.491 e. The fourth-order valence-corrected chi connectivity index (χ4v) is 3.11. The predicted octanol–water partition coefficient (Wildman–Crippen LogP) is 2.69. The van der Waals surface area contributed by atoms with Crippen LogP contribution in [0, 0.1) is 0 Å². The molecular formula is C20H21N5O3. The van der Waals surface area contributed by atoms with Crippen molar-refractivity contribution < 1.29 is 14.3 Å². The summed E-state index contributed by atoms with van der Waals surface area (Å²) in [6, 6.07) is 14.5. The van der Waals surface area contributed by atoms with E-state index in [1.54, 1.807) is 29.9 Å². The van der Waals surface area contributed by atoms with Gasteiger partial charge in [0.15, 0.2) is 5.82 Å².